The maximum absolute atomic E-state index is 10.5. The Morgan fingerprint density at radius 1 is 1.06 bits per heavy atom. The molecule has 1 aliphatic heterocycles. The molecule has 0 saturated carbocycles. The van der Waals surface area contributed by atoms with Gasteiger partial charge in [-0.05, 0) is 68.2 Å². The van der Waals surface area contributed by atoms with Crippen LogP contribution in [-0.4, -0.2) is 60.8 Å². The van der Waals surface area contributed by atoms with E-state index in [0.29, 0.717) is 19.0 Å². The predicted octanol–water partition coefficient (Wildman–Crippen LogP) is 3.52. The Bertz CT molecular complexity index is 798. The number of ether oxygens (including phenoxy) is 1. The van der Waals surface area contributed by atoms with E-state index in [-0.39, 0.29) is 30.0 Å². The minimum atomic E-state index is -0.619. The molecule has 3 rings (SSSR count). The Morgan fingerprint density at radius 3 is 2.38 bits per heavy atom. The lowest BCUT2D eigenvalue weighted by Gasteiger charge is -2.34. The smallest absolute Gasteiger partial charge is 0.191 e. The van der Waals surface area contributed by atoms with Crippen molar-refractivity contribution in [1.82, 2.24) is 20.5 Å². The molecule has 0 aliphatic carbocycles. The molecule has 0 spiro atoms. The molecule has 1 aromatic carbocycles. The number of hydrogen-bond acceptors (Lipinski definition) is 5. The number of likely N-dealkylation sites (tertiary alicyclic amines) is 1. The third-order valence-electron chi connectivity index (χ3n) is 5.65. The van der Waals surface area contributed by atoms with Crippen molar-refractivity contribution in [2.75, 3.05) is 39.8 Å². The SMILES string of the molecule is CCNC(=NCC(c1ccc(OC)cc1)N1CCCCC1)NCC(O)c1ccncc1.I. The largest absolute Gasteiger partial charge is 0.497 e. The second-order valence-electron chi connectivity index (χ2n) is 7.78. The van der Waals surface area contributed by atoms with Crippen molar-refractivity contribution in [2.45, 2.75) is 38.3 Å². The first kappa shape index (κ1) is 26.3. The predicted molar refractivity (Wildman–Crippen MR) is 140 cm³/mol. The van der Waals surface area contributed by atoms with Gasteiger partial charge in [-0.2, -0.15) is 0 Å². The molecule has 0 radical (unpaired) electrons. The summed E-state index contributed by atoms with van der Waals surface area (Å²) in [7, 11) is 1.69. The van der Waals surface area contributed by atoms with Crippen LogP contribution >= 0.6 is 24.0 Å². The van der Waals surface area contributed by atoms with E-state index in [4.69, 9.17) is 9.73 Å². The van der Waals surface area contributed by atoms with Gasteiger partial charge in [-0.1, -0.05) is 18.6 Å². The van der Waals surface area contributed by atoms with Gasteiger partial charge in [0.1, 0.15) is 5.75 Å². The molecule has 1 aliphatic rings. The van der Waals surface area contributed by atoms with Crippen LogP contribution in [0.2, 0.25) is 0 Å². The highest BCUT2D eigenvalue weighted by atomic mass is 127. The van der Waals surface area contributed by atoms with Crippen molar-refractivity contribution < 1.29 is 9.84 Å². The van der Waals surface area contributed by atoms with E-state index in [1.54, 1.807) is 19.5 Å². The number of piperidine rings is 1. The molecule has 0 amide bonds. The Hall–Kier alpha value is -1.91. The summed E-state index contributed by atoms with van der Waals surface area (Å²) >= 11 is 0. The molecule has 7 nitrogen and oxygen atoms in total. The molecule has 2 heterocycles. The van der Waals surface area contributed by atoms with E-state index in [1.807, 2.05) is 31.2 Å². The number of nitrogens with one attached hydrogen (secondary N) is 2. The summed E-state index contributed by atoms with van der Waals surface area (Å²) in [6.07, 6.45) is 6.52. The van der Waals surface area contributed by atoms with E-state index in [1.165, 1.54) is 24.8 Å². The maximum atomic E-state index is 10.5. The van der Waals surface area contributed by atoms with Gasteiger partial charge in [-0.3, -0.25) is 14.9 Å². The molecule has 32 heavy (non-hydrogen) atoms. The first-order valence-corrected chi connectivity index (χ1v) is 11.2. The summed E-state index contributed by atoms with van der Waals surface area (Å²) in [6.45, 7) is 6.02. The lowest BCUT2D eigenvalue weighted by molar-refractivity contribution is 0.167. The average molecular weight is 553 g/mol. The highest BCUT2D eigenvalue weighted by Crippen LogP contribution is 2.26. The molecule has 2 atom stereocenters. The fraction of sp³-hybridized carbons (Fsp3) is 0.500. The number of aromatic nitrogens is 1. The van der Waals surface area contributed by atoms with Gasteiger partial charge < -0.3 is 20.5 Å². The molecule has 1 aromatic heterocycles. The lowest BCUT2D eigenvalue weighted by Crippen LogP contribution is -2.41. The van der Waals surface area contributed by atoms with Crippen molar-refractivity contribution in [3.63, 3.8) is 0 Å². The zero-order valence-corrected chi connectivity index (χ0v) is 21.4. The number of aliphatic hydroxyl groups excluding tert-OH is 1. The van der Waals surface area contributed by atoms with Crippen LogP contribution in [0.5, 0.6) is 5.75 Å². The second kappa shape index (κ2) is 14.3. The molecule has 1 fully saturated rings. The monoisotopic (exact) mass is 553 g/mol. The van der Waals surface area contributed by atoms with Crippen LogP contribution in [0, 0.1) is 0 Å². The van der Waals surface area contributed by atoms with Crippen molar-refractivity contribution in [1.29, 1.82) is 0 Å². The highest BCUT2D eigenvalue weighted by Gasteiger charge is 2.22. The van der Waals surface area contributed by atoms with Gasteiger partial charge in [-0.15, -0.1) is 24.0 Å². The number of guanidine groups is 1. The number of nitrogens with zero attached hydrogens (tertiary/aromatic N) is 3. The number of methoxy groups -OCH3 is 1. The molecule has 2 unspecified atom stereocenters. The van der Waals surface area contributed by atoms with Crippen LogP contribution in [-0.2, 0) is 0 Å². The molecule has 8 heteroatoms. The Labute approximate surface area is 208 Å². The number of rotatable bonds is 9. The summed E-state index contributed by atoms with van der Waals surface area (Å²) in [6, 6.07) is 12.2. The van der Waals surface area contributed by atoms with E-state index >= 15 is 0 Å². The van der Waals surface area contributed by atoms with Crippen LogP contribution in [0.25, 0.3) is 0 Å². The van der Waals surface area contributed by atoms with Crippen molar-refractivity contribution in [3.05, 3.63) is 59.9 Å². The quantitative estimate of drug-likeness (QED) is 0.251. The molecule has 3 N–H and O–H groups in total. The standard InChI is InChI=1S/C24H35N5O2.HI/c1-3-26-24(28-18-23(30)20-11-13-25-14-12-20)27-17-22(29-15-5-4-6-16-29)19-7-9-21(31-2)10-8-19;/h7-14,22-23,30H,3-6,15-18H2,1-2H3,(H2,26,27,28);1H. The minimum Gasteiger partial charge on any atom is -0.497 e. The summed E-state index contributed by atoms with van der Waals surface area (Å²) in [5.41, 5.74) is 2.09. The molecule has 1 saturated heterocycles. The minimum absolute atomic E-state index is 0. The van der Waals surface area contributed by atoms with E-state index < -0.39 is 6.10 Å². The fourth-order valence-electron chi connectivity index (χ4n) is 3.90. The maximum Gasteiger partial charge on any atom is 0.191 e. The Kier molecular flexibility index (Phi) is 11.8. The summed E-state index contributed by atoms with van der Waals surface area (Å²) < 4.78 is 5.33. The first-order chi connectivity index (χ1) is 15.2. The van der Waals surface area contributed by atoms with Gasteiger partial charge in [0, 0.05) is 25.5 Å². The number of benzene rings is 1. The summed E-state index contributed by atoms with van der Waals surface area (Å²) in [5.74, 6) is 1.58. The van der Waals surface area contributed by atoms with Crippen molar-refractivity contribution in [3.8, 4) is 5.75 Å². The van der Waals surface area contributed by atoms with Crippen LogP contribution in [0.15, 0.2) is 53.8 Å². The van der Waals surface area contributed by atoms with Gasteiger partial charge in [0.05, 0.1) is 25.8 Å². The van der Waals surface area contributed by atoms with E-state index in [0.717, 1.165) is 30.9 Å². The fourth-order valence-corrected chi connectivity index (χ4v) is 3.90. The van der Waals surface area contributed by atoms with Crippen LogP contribution < -0.4 is 15.4 Å². The van der Waals surface area contributed by atoms with Crippen molar-refractivity contribution in [2.24, 2.45) is 4.99 Å². The zero-order valence-electron chi connectivity index (χ0n) is 19.0. The molecule has 176 valence electrons. The normalized spacial score (nSPS) is 16.5. The second-order valence-corrected chi connectivity index (χ2v) is 7.78. The third kappa shape index (κ3) is 7.90. The van der Waals surface area contributed by atoms with Crippen LogP contribution in [0.4, 0.5) is 0 Å². The number of halogens is 1. The third-order valence-corrected chi connectivity index (χ3v) is 5.65. The molecule has 2 aromatic rings. The number of aliphatic hydroxyl groups is 1. The van der Waals surface area contributed by atoms with Crippen molar-refractivity contribution >= 4 is 29.9 Å². The van der Waals surface area contributed by atoms with Gasteiger partial charge >= 0.3 is 0 Å². The Morgan fingerprint density at radius 2 is 1.75 bits per heavy atom. The van der Waals surface area contributed by atoms with Gasteiger partial charge in [0.2, 0.25) is 0 Å². The Balaban J connectivity index is 0.00000363. The summed E-state index contributed by atoms with van der Waals surface area (Å²) in [5, 5.41) is 17.0. The molecule has 0 bridgehead atoms. The van der Waals surface area contributed by atoms with Gasteiger partial charge in [0.25, 0.3) is 0 Å². The number of hydrogen-bond donors (Lipinski definition) is 3. The topological polar surface area (TPSA) is 82.0 Å². The van der Waals surface area contributed by atoms with E-state index in [2.05, 4.69) is 32.7 Å². The van der Waals surface area contributed by atoms with Crippen LogP contribution in [0.1, 0.15) is 49.5 Å². The highest BCUT2D eigenvalue weighted by molar-refractivity contribution is 14.0. The van der Waals surface area contributed by atoms with E-state index in [9.17, 15) is 5.11 Å². The number of pyridine rings is 1. The molecular weight excluding hydrogens is 517 g/mol. The van der Waals surface area contributed by atoms with Crippen LogP contribution in [0.3, 0.4) is 0 Å². The first-order valence-electron chi connectivity index (χ1n) is 11.2. The molecular formula is C24H36IN5O2. The zero-order chi connectivity index (χ0) is 21.9. The van der Waals surface area contributed by atoms with Gasteiger partial charge in [0.15, 0.2) is 5.96 Å². The van der Waals surface area contributed by atoms with Gasteiger partial charge in [-0.25, -0.2) is 0 Å². The number of aliphatic imine (C=N–C) groups is 1. The average Bonchev–Trinajstić information content (AvgIpc) is 2.84. The lowest BCUT2D eigenvalue weighted by atomic mass is 10.0. The summed E-state index contributed by atoms with van der Waals surface area (Å²) in [4.78, 5) is 11.4.